The summed E-state index contributed by atoms with van der Waals surface area (Å²) in [5.41, 5.74) is 0. The van der Waals surface area contributed by atoms with Crippen LogP contribution in [-0.4, -0.2) is 20.8 Å². The van der Waals surface area contributed by atoms with Crippen molar-refractivity contribution in [1.82, 2.24) is 20.1 Å². The van der Waals surface area contributed by atoms with E-state index in [0.717, 1.165) is 18.7 Å². The average molecular weight is 196 g/mol. The highest BCUT2D eigenvalue weighted by atomic mass is 15.3. The molecule has 1 atom stereocenters. The number of rotatable bonds is 5. The van der Waals surface area contributed by atoms with Crippen LogP contribution >= 0.6 is 0 Å². The predicted molar refractivity (Wildman–Crippen MR) is 56.9 cm³/mol. The molecule has 0 saturated carbocycles. The predicted octanol–water partition coefficient (Wildman–Crippen LogP) is 1.65. The highest BCUT2D eigenvalue weighted by molar-refractivity contribution is 4.92. The minimum absolute atomic E-state index is 0.271. The number of aryl methyl sites for hydroxylation is 1. The quantitative estimate of drug-likeness (QED) is 0.778. The first-order valence-electron chi connectivity index (χ1n) is 5.28. The summed E-state index contributed by atoms with van der Waals surface area (Å²) in [5.74, 6) is 0.997. The van der Waals surface area contributed by atoms with Gasteiger partial charge in [0.15, 0.2) is 0 Å². The van der Waals surface area contributed by atoms with E-state index in [1.54, 1.807) is 6.33 Å². The molecule has 80 valence electrons. The maximum absolute atomic E-state index is 4.09. The molecular weight excluding hydrogens is 176 g/mol. The lowest BCUT2D eigenvalue weighted by Gasteiger charge is -2.20. The van der Waals surface area contributed by atoms with Crippen LogP contribution in [0.15, 0.2) is 6.33 Å². The molecule has 1 aromatic heterocycles. The lowest BCUT2D eigenvalue weighted by molar-refractivity contribution is 0.415. The number of nitrogens with zero attached hydrogens (tertiary/aromatic N) is 3. The van der Waals surface area contributed by atoms with E-state index < -0.39 is 0 Å². The SMILES string of the molecule is CCC(CC)N[C@H](C)c1nncn1C. The van der Waals surface area contributed by atoms with Crippen LogP contribution < -0.4 is 5.32 Å². The van der Waals surface area contributed by atoms with Gasteiger partial charge >= 0.3 is 0 Å². The van der Waals surface area contributed by atoms with E-state index in [2.05, 4.69) is 36.3 Å². The van der Waals surface area contributed by atoms with Gasteiger partial charge in [-0.25, -0.2) is 0 Å². The molecule has 0 bridgehead atoms. The molecule has 0 amide bonds. The molecule has 4 nitrogen and oxygen atoms in total. The van der Waals surface area contributed by atoms with Gasteiger partial charge in [-0.1, -0.05) is 13.8 Å². The zero-order valence-corrected chi connectivity index (χ0v) is 9.49. The van der Waals surface area contributed by atoms with Gasteiger partial charge in [0, 0.05) is 13.1 Å². The molecule has 4 heteroatoms. The molecule has 0 unspecified atom stereocenters. The van der Waals surface area contributed by atoms with Crippen molar-refractivity contribution in [3.8, 4) is 0 Å². The molecule has 0 spiro atoms. The Morgan fingerprint density at radius 3 is 2.50 bits per heavy atom. The summed E-state index contributed by atoms with van der Waals surface area (Å²) in [5, 5.41) is 11.5. The van der Waals surface area contributed by atoms with Gasteiger partial charge in [-0.15, -0.1) is 10.2 Å². The lowest BCUT2D eigenvalue weighted by Crippen LogP contribution is -2.31. The first kappa shape index (κ1) is 11.2. The Kier molecular flexibility index (Phi) is 4.07. The Hall–Kier alpha value is -0.900. The molecule has 14 heavy (non-hydrogen) atoms. The van der Waals surface area contributed by atoms with Crippen molar-refractivity contribution >= 4 is 0 Å². The van der Waals surface area contributed by atoms with Crippen LogP contribution in [0.2, 0.25) is 0 Å². The largest absolute Gasteiger partial charge is 0.319 e. The smallest absolute Gasteiger partial charge is 0.149 e. The minimum atomic E-state index is 0.271. The van der Waals surface area contributed by atoms with Crippen molar-refractivity contribution in [2.75, 3.05) is 0 Å². The Morgan fingerprint density at radius 1 is 1.43 bits per heavy atom. The third-order valence-electron chi connectivity index (χ3n) is 2.61. The monoisotopic (exact) mass is 196 g/mol. The summed E-state index contributed by atoms with van der Waals surface area (Å²) in [6.07, 6.45) is 4.04. The van der Waals surface area contributed by atoms with Crippen molar-refractivity contribution in [3.05, 3.63) is 12.2 Å². The van der Waals surface area contributed by atoms with Crippen LogP contribution in [0, 0.1) is 0 Å². The Labute approximate surface area is 85.7 Å². The fourth-order valence-corrected chi connectivity index (χ4v) is 1.64. The zero-order chi connectivity index (χ0) is 10.6. The van der Waals surface area contributed by atoms with Crippen LogP contribution in [0.25, 0.3) is 0 Å². The Morgan fingerprint density at radius 2 is 2.07 bits per heavy atom. The standard InChI is InChI=1S/C10H20N4/c1-5-9(6-2)12-8(3)10-13-11-7-14(10)4/h7-9,12H,5-6H2,1-4H3/t8-/m1/s1. The minimum Gasteiger partial charge on any atom is -0.319 e. The molecule has 1 rings (SSSR count). The van der Waals surface area contributed by atoms with E-state index in [-0.39, 0.29) is 6.04 Å². The molecule has 1 aromatic rings. The normalized spacial score (nSPS) is 13.5. The molecule has 0 fully saturated rings. The van der Waals surface area contributed by atoms with E-state index in [4.69, 9.17) is 0 Å². The highest BCUT2D eigenvalue weighted by Gasteiger charge is 2.13. The van der Waals surface area contributed by atoms with Crippen LogP contribution in [0.5, 0.6) is 0 Å². The molecule has 1 N–H and O–H groups in total. The van der Waals surface area contributed by atoms with E-state index >= 15 is 0 Å². The average Bonchev–Trinajstić information content (AvgIpc) is 2.60. The summed E-state index contributed by atoms with van der Waals surface area (Å²) in [6.45, 7) is 6.53. The molecule has 0 aliphatic rings. The molecular formula is C10H20N4. The molecule has 0 aliphatic heterocycles. The van der Waals surface area contributed by atoms with Crippen molar-refractivity contribution in [3.63, 3.8) is 0 Å². The fourth-order valence-electron chi connectivity index (χ4n) is 1.64. The number of aromatic nitrogens is 3. The van der Waals surface area contributed by atoms with Gasteiger partial charge < -0.3 is 9.88 Å². The van der Waals surface area contributed by atoms with Gasteiger partial charge in [0.2, 0.25) is 0 Å². The second-order valence-electron chi connectivity index (χ2n) is 3.70. The number of hydrogen-bond donors (Lipinski definition) is 1. The van der Waals surface area contributed by atoms with E-state index in [1.807, 2.05) is 11.6 Å². The van der Waals surface area contributed by atoms with Crippen molar-refractivity contribution in [1.29, 1.82) is 0 Å². The summed E-state index contributed by atoms with van der Waals surface area (Å²) in [7, 11) is 1.97. The first-order valence-corrected chi connectivity index (χ1v) is 5.28. The van der Waals surface area contributed by atoms with E-state index in [0.29, 0.717) is 6.04 Å². The van der Waals surface area contributed by atoms with Gasteiger partial charge in [-0.05, 0) is 19.8 Å². The first-order chi connectivity index (χ1) is 6.69. The topological polar surface area (TPSA) is 42.7 Å². The van der Waals surface area contributed by atoms with Crippen molar-refractivity contribution in [2.45, 2.75) is 45.7 Å². The fraction of sp³-hybridized carbons (Fsp3) is 0.800. The number of nitrogens with one attached hydrogen (secondary N) is 1. The second-order valence-corrected chi connectivity index (χ2v) is 3.70. The summed E-state index contributed by atoms with van der Waals surface area (Å²) < 4.78 is 1.96. The molecule has 0 aromatic carbocycles. The molecule has 0 radical (unpaired) electrons. The zero-order valence-electron chi connectivity index (χ0n) is 9.49. The number of hydrogen-bond acceptors (Lipinski definition) is 3. The van der Waals surface area contributed by atoms with Crippen LogP contribution in [-0.2, 0) is 7.05 Å². The highest BCUT2D eigenvalue weighted by Crippen LogP contribution is 2.10. The van der Waals surface area contributed by atoms with Crippen LogP contribution in [0.3, 0.4) is 0 Å². The third kappa shape index (κ3) is 2.54. The van der Waals surface area contributed by atoms with Crippen LogP contribution in [0.1, 0.15) is 45.5 Å². The summed E-state index contributed by atoms with van der Waals surface area (Å²) in [4.78, 5) is 0. The molecule has 0 saturated heterocycles. The summed E-state index contributed by atoms with van der Waals surface area (Å²) >= 11 is 0. The second kappa shape index (κ2) is 5.10. The van der Waals surface area contributed by atoms with E-state index in [9.17, 15) is 0 Å². The maximum atomic E-state index is 4.09. The molecule has 0 aliphatic carbocycles. The van der Waals surface area contributed by atoms with Gasteiger partial charge in [-0.3, -0.25) is 0 Å². The third-order valence-corrected chi connectivity index (χ3v) is 2.61. The van der Waals surface area contributed by atoms with Gasteiger partial charge in [0.25, 0.3) is 0 Å². The summed E-state index contributed by atoms with van der Waals surface area (Å²) in [6, 6.07) is 0.842. The van der Waals surface area contributed by atoms with Gasteiger partial charge in [0.05, 0.1) is 6.04 Å². The van der Waals surface area contributed by atoms with E-state index in [1.165, 1.54) is 0 Å². The Bertz CT molecular complexity index is 265. The van der Waals surface area contributed by atoms with Gasteiger partial charge in [0.1, 0.15) is 12.2 Å². The molecule has 1 heterocycles. The van der Waals surface area contributed by atoms with Crippen molar-refractivity contribution < 1.29 is 0 Å². The van der Waals surface area contributed by atoms with Crippen molar-refractivity contribution in [2.24, 2.45) is 7.05 Å². The van der Waals surface area contributed by atoms with Gasteiger partial charge in [-0.2, -0.15) is 0 Å². The Balaban J connectivity index is 2.58. The maximum Gasteiger partial charge on any atom is 0.149 e. The lowest BCUT2D eigenvalue weighted by atomic mass is 10.1. The van der Waals surface area contributed by atoms with Crippen LogP contribution in [0.4, 0.5) is 0 Å².